The van der Waals surface area contributed by atoms with Crippen LogP contribution in [-0.4, -0.2) is 9.97 Å². The quantitative estimate of drug-likeness (QED) is 0.651. The Morgan fingerprint density at radius 1 is 1.00 bits per heavy atom. The second-order valence-electron chi connectivity index (χ2n) is 7.15. The lowest BCUT2D eigenvalue weighted by atomic mass is 9.83. The third-order valence-electron chi connectivity index (χ3n) is 3.94. The summed E-state index contributed by atoms with van der Waals surface area (Å²) in [5, 5.41) is 0. The zero-order valence-electron chi connectivity index (χ0n) is 14.1. The van der Waals surface area contributed by atoms with Crippen molar-refractivity contribution in [1.82, 2.24) is 9.97 Å². The summed E-state index contributed by atoms with van der Waals surface area (Å²) >= 11 is 0. The summed E-state index contributed by atoms with van der Waals surface area (Å²) in [5.74, 6) is 1.84. The molecule has 0 amide bonds. The predicted octanol–water partition coefficient (Wildman–Crippen LogP) is 5.21. The molecular formula is C18H32N2. The van der Waals surface area contributed by atoms with Gasteiger partial charge < -0.3 is 0 Å². The van der Waals surface area contributed by atoms with E-state index in [4.69, 9.17) is 0 Å². The lowest BCUT2D eigenvalue weighted by molar-refractivity contribution is 0.301. The molecule has 1 heterocycles. The Morgan fingerprint density at radius 3 is 2.15 bits per heavy atom. The molecule has 0 saturated carbocycles. The van der Waals surface area contributed by atoms with Crippen LogP contribution in [0.15, 0.2) is 12.4 Å². The number of aromatic nitrogens is 2. The highest BCUT2D eigenvalue weighted by Gasteiger charge is 2.15. The van der Waals surface area contributed by atoms with E-state index in [2.05, 4.69) is 44.6 Å². The van der Waals surface area contributed by atoms with E-state index >= 15 is 0 Å². The first-order chi connectivity index (χ1) is 9.44. The van der Waals surface area contributed by atoms with Gasteiger partial charge in [-0.05, 0) is 42.6 Å². The van der Waals surface area contributed by atoms with Gasteiger partial charge in [-0.3, -0.25) is 0 Å². The number of hydrogen-bond acceptors (Lipinski definition) is 2. The first-order valence-electron chi connectivity index (χ1n) is 8.24. The van der Waals surface area contributed by atoms with E-state index in [0.29, 0.717) is 5.41 Å². The molecule has 20 heavy (non-hydrogen) atoms. The standard InChI is InChI=1S/C18H32N2/c1-6-8-16(11-12-18(3,4)5)9-10-17-19-13-15(7-2)14-20-17/h13-14,16H,6-12H2,1-5H3. The molecule has 0 spiro atoms. The molecule has 0 aliphatic carbocycles. The molecule has 0 N–H and O–H groups in total. The SMILES string of the molecule is CCCC(CCc1ncc(CC)cn1)CCC(C)(C)C. The molecule has 0 aliphatic rings. The molecule has 1 unspecified atom stereocenters. The Hall–Kier alpha value is -0.920. The van der Waals surface area contributed by atoms with Crippen LogP contribution in [0.1, 0.15) is 78.1 Å². The molecule has 1 aromatic rings. The molecule has 114 valence electrons. The third kappa shape index (κ3) is 7.02. The third-order valence-corrected chi connectivity index (χ3v) is 3.94. The van der Waals surface area contributed by atoms with Crippen molar-refractivity contribution >= 4 is 0 Å². The average molecular weight is 276 g/mol. The minimum Gasteiger partial charge on any atom is -0.241 e. The molecule has 0 saturated heterocycles. The second-order valence-corrected chi connectivity index (χ2v) is 7.15. The monoisotopic (exact) mass is 276 g/mol. The van der Waals surface area contributed by atoms with Crippen LogP contribution in [0.2, 0.25) is 0 Å². The molecular weight excluding hydrogens is 244 g/mol. The molecule has 0 aromatic carbocycles. The summed E-state index contributed by atoms with van der Waals surface area (Å²) in [4.78, 5) is 8.96. The zero-order valence-corrected chi connectivity index (χ0v) is 14.1. The summed E-state index contributed by atoms with van der Waals surface area (Å²) in [6, 6.07) is 0. The molecule has 2 nitrogen and oxygen atoms in total. The summed E-state index contributed by atoms with van der Waals surface area (Å²) in [6.45, 7) is 11.4. The van der Waals surface area contributed by atoms with Crippen LogP contribution in [0.3, 0.4) is 0 Å². The lowest BCUT2D eigenvalue weighted by Gasteiger charge is -2.22. The van der Waals surface area contributed by atoms with E-state index in [0.717, 1.165) is 24.6 Å². The largest absolute Gasteiger partial charge is 0.241 e. The molecule has 0 fully saturated rings. The Balaban J connectivity index is 2.44. The molecule has 2 heteroatoms. The summed E-state index contributed by atoms with van der Waals surface area (Å²) < 4.78 is 0. The van der Waals surface area contributed by atoms with Crippen molar-refractivity contribution in [2.45, 2.75) is 79.6 Å². The Kier molecular flexibility index (Phi) is 7.18. The predicted molar refractivity (Wildman–Crippen MR) is 86.8 cm³/mol. The van der Waals surface area contributed by atoms with Crippen LogP contribution in [0.5, 0.6) is 0 Å². The van der Waals surface area contributed by atoms with Crippen LogP contribution >= 0.6 is 0 Å². The van der Waals surface area contributed by atoms with Crippen molar-refractivity contribution < 1.29 is 0 Å². The van der Waals surface area contributed by atoms with Gasteiger partial charge in [-0.2, -0.15) is 0 Å². The fourth-order valence-corrected chi connectivity index (χ4v) is 2.50. The average Bonchev–Trinajstić information content (AvgIpc) is 2.41. The van der Waals surface area contributed by atoms with Gasteiger partial charge in [0, 0.05) is 18.8 Å². The van der Waals surface area contributed by atoms with Crippen molar-refractivity contribution in [3.05, 3.63) is 23.8 Å². The second kappa shape index (κ2) is 8.39. The molecule has 0 radical (unpaired) electrons. The first-order valence-corrected chi connectivity index (χ1v) is 8.24. The van der Waals surface area contributed by atoms with Gasteiger partial charge in [-0.1, -0.05) is 47.5 Å². The van der Waals surface area contributed by atoms with E-state index in [-0.39, 0.29) is 0 Å². The van der Waals surface area contributed by atoms with E-state index in [1.807, 2.05) is 12.4 Å². The smallest absolute Gasteiger partial charge is 0.128 e. The van der Waals surface area contributed by atoms with Gasteiger partial charge in [-0.15, -0.1) is 0 Å². The minimum atomic E-state index is 0.450. The van der Waals surface area contributed by atoms with E-state index < -0.39 is 0 Å². The van der Waals surface area contributed by atoms with Gasteiger partial charge in [0.2, 0.25) is 0 Å². The Morgan fingerprint density at radius 2 is 1.65 bits per heavy atom. The maximum Gasteiger partial charge on any atom is 0.128 e. The fourth-order valence-electron chi connectivity index (χ4n) is 2.50. The topological polar surface area (TPSA) is 25.8 Å². The van der Waals surface area contributed by atoms with Crippen LogP contribution in [-0.2, 0) is 12.8 Å². The van der Waals surface area contributed by atoms with Gasteiger partial charge in [-0.25, -0.2) is 9.97 Å². The highest BCUT2D eigenvalue weighted by Crippen LogP contribution is 2.27. The number of nitrogens with zero attached hydrogens (tertiary/aromatic N) is 2. The van der Waals surface area contributed by atoms with Crippen molar-refractivity contribution in [1.29, 1.82) is 0 Å². The van der Waals surface area contributed by atoms with Crippen LogP contribution in [0, 0.1) is 11.3 Å². The van der Waals surface area contributed by atoms with Gasteiger partial charge in [0.05, 0.1) is 0 Å². The molecule has 0 bridgehead atoms. The summed E-state index contributed by atoms with van der Waals surface area (Å²) in [7, 11) is 0. The Labute approximate surface area is 125 Å². The summed E-state index contributed by atoms with van der Waals surface area (Å²) in [6.07, 6.45) is 12.5. The van der Waals surface area contributed by atoms with Crippen LogP contribution < -0.4 is 0 Å². The molecule has 1 aromatic heterocycles. The molecule has 1 atom stereocenters. The normalized spacial score (nSPS) is 13.4. The lowest BCUT2D eigenvalue weighted by Crippen LogP contribution is -2.11. The minimum absolute atomic E-state index is 0.450. The van der Waals surface area contributed by atoms with Crippen molar-refractivity contribution in [2.75, 3.05) is 0 Å². The highest BCUT2D eigenvalue weighted by molar-refractivity contribution is 5.04. The first kappa shape index (κ1) is 17.1. The van der Waals surface area contributed by atoms with Gasteiger partial charge in [0.15, 0.2) is 0 Å². The van der Waals surface area contributed by atoms with Crippen molar-refractivity contribution in [3.63, 3.8) is 0 Å². The number of rotatable bonds is 8. The van der Waals surface area contributed by atoms with Gasteiger partial charge in [0.25, 0.3) is 0 Å². The van der Waals surface area contributed by atoms with E-state index in [9.17, 15) is 0 Å². The van der Waals surface area contributed by atoms with E-state index in [1.54, 1.807) is 0 Å². The van der Waals surface area contributed by atoms with Crippen molar-refractivity contribution in [3.8, 4) is 0 Å². The molecule has 0 aliphatic heterocycles. The summed E-state index contributed by atoms with van der Waals surface area (Å²) in [5.41, 5.74) is 1.68. The maximum atomic E-state index is 4.48. The maximum absolute atomic E-state index is 4.48. The van der Waals surface area contributed by atoms with Gasteiger partial charge in [0.1, 0.15) is 5.82 Å². The highest BCUT2D eigenvalue weighted by atomic mass is 14.9. The fraction of sp³-hybridized carbons (Fsp3) is 0.778. The van der Waals surface area contributed by atoms with Gasteiger partial charge >= 0.3 is 0 Å². The zero-order chi connectivity index (χ0) is 15.0. The molecule has 1 rings (SSSR count). The van der Waals surface area contributed by atoms with Crippen LogP contribution in [0.4, 0.5) is 0 Å². The van der Waals surface area contributed by atoms with Crippen molar-refractivity contribution in [2.24, 2.45) is 11.3 Å². The van der Waals surface area contributed by atoms with Crippen LogP contribution in [0.25, 0.3) is 0 Å². The van der Waals surface area contributed by atoms with E-state index in [1.165, 1.54) is 37.7 Å². The Bertz CT molecular complexity index is 362. The number of hydrogen-bond donors (Lipinski definition) is 0. The number of aryl methyl sites for hydroxylation is 2.